The van der Waals surface area contributed by atoms with Crippen LogP contribution in [-0.4, -0.2) is 11.9 Å². The topological polar surface area (TPSA) is 68.3 Å². The number of hydrogen-bond acceptors (Lipinski definition) is 3. The second-order valence-electron chi connectivity index (χ2n) is 3.69. The maximum atomic E-state index is 11.5. The lowest BCUT2D eigenvalue weighted by atomic mass is 10.2. The summed E-state index contributed by atoms with van der Waals surface area (Å²) in [7, 11) is 0. The van der Waals surface area contributed by atoms with Gasteiger partial charge in [0.1, 0.15) is 11.5 Å². The molecule has 1 amide bonds. The molecule has 0 aliphatic heterocycles. The summed E-state index contributed by atoms with van der Waals surface area (Å²) in [6.07, 6.45) is 0.635. The van der Waals surface area contributed by atoms with Crippen molar-refractivity contribution in [1.29, 1.82) is 0 Å². The van der Waals surface area contributed by atoms with Crippen LogP contribution in [0.5, 0.6) is 0 Å². The zero-order valence-electron chi connectivity index (χ0n) is 9.41. The average molecular weight is 210 g/mol. The third-order valence-corrected chi connectivity index (χ3v) is 2.32. The van der Waals surface area contributed by atoms with Crippen molar-refractivity contribution in [3.63, 3.8) is 0 Å². The van der Waals surface area contributed by atoms with E-state index in [1.54, 1.807) is 0 Å². The van der Waals surface area contributed by atoms with E-state index in [9.17, 15) is 4.79 Å². The Bertz CT molecular complexity index is 333. The lowest BCUT2D eigenvalue weighted by Gasteiger charge is -2.14. The Morgan fingerprint density at radius 3 is 2.73 bits per heavy atom. The van der Waals surface area contributed by atoms with E-state index in [-0.39, 0.29) is 11.9 Å². The summed E-state index contributed by atoms with van der Waals surface area (Å²) in [5.41, 5.74) is 5.61. The van der Waals surface area contributed by atoms with Crippen LogP contribution in [0.4, 0.5) is 0 Å². The summed E-state index contributed by atoms with van der Waals surface area (Å²) in [6, 6.07) is 3.16. The summed E-state index contributed by atoms with van der Waals surface area (Å²) in [5, 5.41) is 2.80. The fourth-order valence-corrected chi connectivity index (χ4v) is 1.26. The van der Waals surface area contributed by atoms with E-state index in [2.05, 4.69) is 5.32 Å². The number of carbonyl (C=O) groups excluding carboxylic acids is 1. The van der Waals surface area contributed by atoms with Crippen molar-refractivity contribution in [2.75, 3.05) is 0 Å². The van der Waals surface area contributed by atoms with E-state index in [1.807, 2.05) is 32.9 Å². The number of nitrogens with two attached hydrogens (primary N) is 1. The SMILES string of the molecule is CCC(N)C(=O)NC(C)c1ccc(C)o1. The number of nitrogens with one attached hydrogen (secondary N) is 1. The lowest BCUT2D eigenvalue weighted by Crippen LogP contribution is -2.41. The molecule has 15 heavy (non-hydrogen) atoms. The Labute approximate surface area is 89.8 Å². The van der Waals surface area contributed by atoms with Gasteiger partial charge in [-0.3, -0.25) is 4.79 Å². The molecule has 4 nitrogen and oxygen atoms in total. The Hall–Kier alpha value is -1.29. The van der Waals surface area contributed by atoms with E-state index in [0.717, 1.165) is 11.5 Å². The molecule has 0 saturated carbocycles. The molecule has 1 aromatic rings. The van der Waals surface area contributed by atoms with Crippen molar-refractivity contribution in [2.24, 2.45) is 5.73 Å². The molecule has 84 valence electrons. The van der Waals surface area contributed by atoms with Crippen LogP contribution < -0.4 is 11.1 Å². The van der Waals surface area contributed by atoms with Gasteiger partial charge < -0.3 is 15.5 Å². The minimum Gasteiger partial charge on any atom is -0.464 e. The van der Waals surface area contributed by atoms with Crippen molar-refractivity contribution >= 4 is 5.91 Å². The zero-order valence-corrected chi connectivity index (χ0v) is 9.41. The number of aryl methyl sites for hydroxylation is 1. The van der Waals surface area contributed by atoms with Gasteiger partial charge in [0.15, 0.2) is 0 Å². The van der Waals surface area contributed by atoms with Gasteiger partial charge in [0, 0.05) is 0 Å². The quantitative estimate of drug-likeness (QED) is 0.791. The first kappa shape index (κ1) is 11.8. The maximum Gasteiger partial charge on any atom is 0.237 e. The Morgan fingerprint density at radius 1 is 1.60 bits per heavy atom. The molecule has 0 bridgehead atoms. The van der Waals surface area contributed by atoms with Crippen LogP contribution in [-0.2, 0) is 4.79 Å². The standard InChI is InChI=1S/C11H18N2O2/c1-4-9(12)11(14)13-8(3)10-6-5-7(2)15-10/h5-6,8-9H,4,12H2,1-3H3,(H,13,14). The second kappa shape index (κ2) is 4.98. The predicted octanol–water partition coefficient (Wildman–Crippen LogP) is 1.50. The average Bonchev–Trinajstić information content (AvgIpc) is 2.63. The highest BCUT2D eigenvalue weighted by Crippen LogP contribution is 2.15. The van der Waals surface area contributed by atoms with Gasteiger partial charge in [-0.1, -0.05) is 6.92 Å². The van der Waals surface area contributed by atoms with E-state index in [1.165, 1.54) is 0 Å². The maximum absolute atomic E-state index is 11.5. The summed E-state index contributed by atoms with van der Waals surface area (Å²) < 4.78 is 5.40. The molecule has 0 aliphatic rings. The highest BCUT2D eigenvalue weighted by atomic mass is 16.3. The van der Waals surface area contributed by atoms with Gasteiger partial charge in [-0.15, -0.1) is 0 Å². The highest BCUT2D eigenvalue weighted by Gasteiger charge is 2.16. The van der Waals surface area contributed by atoms with E-state index < -0.39 is 6.04 Å². The minimum absolute atomic E-state index is 0.135. The smallest absolute Gasteiger partial charge is 0.237 e. The first-order valence-corrected chi connectivity index (χ1v) is 5.17. The molecule has 2 unspecified atom stereocenters. The fraction of sp³-hybridized carbons (Fsp3) is 0.545. The van der Waals surface area contributed by atoms with Crippen LogP contribution >= 0.6 is 0 Å². The van der Waals surface area contributed by atoms with E-state index in [0.29, 0.717) is 6.42 Å². The Kier molecular flexibility index (Phi) is 3.91. The van der Waals surface area contributed by atoms with Gasteiger partial charge in [0.25, 0.3) is 0 Å². The van der Waals surface area contributed by atoms with Crippen LogP contribution in [0, 0.1) is 6.92 Å². The van der Waals surface area contributed by atoms with Crippen LogP contribution in [0.3, 0.4) is 0 Å². The Balaban J connectivity index is 2.56. The molecular weight excluding hydrogens is 192 g/mol. The van der Waals surface area contributed by atoms with Crippen molar-refractivity contribution in [3.8, 4) is 0 Å². The highest BCUT2D eigenvalue weighted by molar-refractivity contribution is 5.81. The largest absolute Gasteiger partial charge is 0.464 e. The van der Waals surface area contributed by atoms with Crippen LogP contribution in [0.2, 0.25) is 0 Å². The van der Waals surface area contributed by atoms with Gasteiger partial charge in [-0.05, 0) is 32.4 Å². The van der Waals surface area contributed by atoms with Gasteiger partial charge in [0.05, 0.1) is 12.1 Å². The molecule has 1 aromatic heterocycles. The first-order chi connectivity index (χ1) is 7.04. The number of amides is 1. The molecule has 3 N–H and O–H groups in total. The molecule has 0 aliphatic carbocycles. The molecule has 1 heterocycles. The second-order valence-corrected chi connectivity index (χ2v) is 3.69. The van der Waals surface area contributed by atoms with E-state index >= 15 is 0 Å². The molecule has 0 radical (unpaired) electrons. The third kappa shape index (κ3) is 3.09. The van der Waals surface area contributed by atoms with Crippen molar-refractivity contribution in [3.05, 3.63) is 23.7 Å². The molecule has 0 saturated heterocycles. The van der Waals surface area contributed by atoms with Gasteiger partial charge in [0.2, 0.25) is 5.91 Å². The summed E-state index contributed by atoms with van der Waals surface area (Å²) in [6.45, 7) is 5.63. The predicted molar refractivity (Wildman–Crippen MR) is 58.3 cm³/mol. The van der Waals surface area contributed by atoms with Crippen molar-refractivity contribution in [1.82, 2.24) is 5.32 Å². The van der Waals surface area contributed by atoms with Gasteiger partial charge in [-0.2, -0.15) is 0 Å². The monoisotopic (exact) mass is 210 g/mol. The van der Waals surface area contributed by atoms with Crippen molar-refractivity contribution < 1.29 is 9.21 Å². The summed E-state index contributed by atoms with van der Waals surface area (Å²) in [4.78, 5) is 11.5. The molecule has 0 spiro atoms. The lowest BCUT2D eigenvalue weighted by molar-refractivity contribution is -0.123. The molecule has 2 atom stereocenters. The molecule has 0 aromatic carbocycles. The molecular formula is C11H18N2O2. The summed E-state index contributed by atoms with van der Waals surface area (Å²) in [5.74, 6) is 1.45. The molecule has 1 rings (SSSR count). The van der Waals surface area contributed by atoms with Crippen LogP contribution in [0.25, 0.3) is 0 Å². The number of carbonyl (C=O) groups is 1. The van der Waals surface area contributed by atoms with E-state index in [4.69, 9.17) is 10.2 Å². The van der Waals surface area contributed by atoms with Crippen molar-refractivity contribution in [2.45, 2.75) is 39.3 Å². The zero-order chi connectivity index (χ0) is 11.4. The number of hydrogen-bond donors (Lipinski definition) is 2. The molecule has 4 heteroatoms. The number of furan rings is 1. The minimum atomic E-state index is -0.441. The third-order valence-electron chi connectivity index (χ3n) is 2.32. The number of rotatable bonds is 4. The van der Waals surface area contributed by atoms with Crippen LogP contribution in [0.15, 0.2) is 16.5 Å². The fourth-order valence-electron chi connectivity index (χ4n) is 1.26. The normalized spacial score (nSPS) is 14.7. The molecule has 0 fully saturated rings. The summed E-state index contributed by atoms with van der Waals surface area (Å²) >= 11 is 0. The van der Waals surface area contributed by atoms with Gasteiger partial charge in [-0.25, -0.2) is 0 Å². The van der Waals surface area contributed by atoms with Gasteiger partial charge >= 0.3 is 0 Å². The first-order valence-electron chi connectivity index (χ1n) is 5.17. The van der Waals surface area contributed by atoms with Crippen LogP contribution in [0.1, 0.15) is 37.8 Å². The Morgan fingerprint density at radius 2 is 2.27 bits per heavy atom.